The maximum atomic E-state index is 12.4. The highest BCUT2D eigenvalue weighted by molar-refractivity contribution is 9.10. The molecule has 1 heterocycles. The van der Waals surface area contributed by atoms with E-state index < -0.39 is 11.4 Å². The SMILES string of the molecule is Cc1oc2cc(Br)c(OCC(=O)C(C)(C)C)cc2c1C(=O)OC(C)C. The van der Waals surface area contributed by atoms with E-state index in [9.17, 15) is 9.59 Å². The summed E-state index contributed by atoms with van der Waals surface area (Å²) in [6.45, 7) is 10.8. The first-order valence-electron chi connectivity index (χ1n) is 8.10. The Morgan fingerprint density at radius 1 is 1.24 bits per heavy atom. The molecule has 0 fully saturated rings. The highest BCUT2D eigenvalue weighted by Crippen LogP contribution is 2.35. The Hall–Kier alpha value is -1.82. The van der Waals surface area contributed by atoms with Gasteiger partial charge in [0.25, 0.3) is 0 Å². The third-order valence-corrected chi connectivity index (χ3v) is 4.28. The lowest BCUT2D eigenvalue weighted by Gasteiger charge is -2.17. The fourth-order valence-electron chi connectivity index (χ4n) is 2.22. The molecule has 0 saturated carbocycles. The van der Waals surface area contributed by atoms with Gasteiger partial charge in [-0.3, -0.25) is 4.79 Å². The van der Waals surface area contributed by atoms with Crippen LogP contribution in [0.5, 0.6) is 5.75 Å². The molecule has 2 aromatic rings. The first-order valence-corrected chi connectivity index (χ1v) is 8.89. The summed E-state index contributed by atoms with van der Waals surface area (Å²) >= 11 is 3.42. The lowest BCUT2D eigenvalue weighted by Crippen LogP contribution is -2.26. The summed E-state index contributed by atoms with van der Waals surface area (Å²) in [6.07, 6.45) is -0.229. The van der Waals surface area contributed by atoms with Crippen LogP contribution in [0.3, 0.4) is 0 Å². The van der Waals surface area contributed by atoms with Crippen LogP contribution in [0.25, 0.3) is 11.0 Å². The van der Waals surface area contributed by atoms with E-state index in [1.807, 2.05) is 20.8 Å². The summed E-state index contributed by atoms with van der Waals surface area (Å²) < 4.78 is 17.3. The maximum absolute atomic E-state index is 12.4. The van der Waals surface area contributed by atoms with Gasteiger partial charge in [-0.1, -0.05) is 20.8 Å². The largest absolute Gasteiger partial charge is 0.485 e. The number of furan rings is 1. The van der Waals surface area contributed by atoms with Crippen molar-refractivity contribution in [3.05, 3.63) is 27.9 Å². The molecule has 0 aliphatic rings. The second-order valence-electron chi connectivity index (χ2n) is 7.23. The van der Waals surface area contributed by atoms with Crippen molar-refractivity contribution in [2.75, 3.05) is 6.61 Å². The number of ketones is 1. The highest BCUT2D eigenvalue weighted by Gasteiger charge is 2.24. The van der Waals surface area contributed by atoms with E-state index in [0.717, 1.165) is 0 Å². The van der Waals surface area contributed by atoms with Crippen molar-refractivity contribution < 1.29 is 23.5 Å². The van der Waals surface area contributed by atoms with Gasteiger partial charge in [0.05, 0.1) is 10.6 Å². The van der Waals surface area contributed by atoms with Crippen molar-refractivity contribution in [1.82, 2.24) is 0 Å². The number of fused-ring (bicyclic) bond motifs is 1. The van der Waals surface area contributed by atoms with Crippen molar-refractivity contribution in [3.63, 3.8) is 0 Å². The van der Waals surface area contributed by atoms with Crippen molar-refractivity contribution in [3.8, 4) is 5.75 Å². The normalized spacial score (nSPS) is 11.8. The molecule has 0 saturated heterocycles. The lowest BCUT2D eigenvalue weighted by molar-refractivity contribution is -0.128. The predicted octanol–water partition coefficient (Wildman–Crippen LogP) is 5.06. The maximum Gasteiger partial charge on any atom is 0.342 e. The van der Waals surface area contributed by atoms with Crippen LogP contribution < -0.4 is 4.74 Å². The number of hydrogen-bond donors (Lipinski definition) is 0. The molecule has 25 heavy (non-hydrogen) atoms. The Balaban J connectivity index is 2.38. The fourth-order valence-corrected chi connectivity index (χ4v) is 2.65. The predicted molar refractivity (Wildman–Crippen MR) is 99.2 cm³/mol. The zero-order valence-corrected chi connectivity index (χ0v) is 16.9. The van der Waals surface area contributed by atoms with E-state index in [1.165, 1.54) is 0 Å². The van der Waals surface area contributed by atoms with E-state index >= 15 is 0 Å². The summed E-state index contributed by atoms with van der Waals surface area (Å²) in [5.41, 5.74) is 0.451. The van der Waals surface area contributed by atoms with E-state index in [2.05, 4.69) is 15.9 Å². The Labute approximate surface area is 155 Å². The molecule has 0 amide bonds. The highest BCUT2D eigenvalue weighted by atomic mass is 79.9. The van der Waals surface area contributed by atoms with E-state index in [4.69, 9.17) is 13.9 Å². The molecule has 0 spiro atoms. The van der Waals surface area contributed by atoms with Crippen LogP contribution in [0.4, 0.5) is 0 Å². The third kappa shape index (κ3) is 4.42. The minimum atomic E-state index is -0.477. The van der Waals surface area contributed by atoms with Crippen molar-refractivity contribution in [2.24, 2.45) is 5.41 Å². The number of halogens is 1. The van der Waals surface area contributed by atoms with Gasteiger partial charge in [-0.2, -0.15) is 0 Å². The molecule has 0 N–H and O–H groups in total. The van der Waals surface area contributed by atoms with Gasteiger partial charge in [0.2, 0.25) is 0 Å². The molecule has 6 heteroatoms. The third-order valence-electron chi connectivity index (χ3n) is 3.66. The van der Waals surface area contributed by atoms with Gasteiger partial charge >= 0.3 is 5.97 Å². The molecule has 0 unspecified atom stereocenters. The van der Waals surface area contributed by atoms with E-state index in [-0.39, 0.29) is 18.5 Å². The monoisotopic (exact) mass is 410 g/mol. The number of hydrogen-bond acceptors (Lipinski definition) is 5. The quantitative estimate of drug-likeness (QED) is 0.644. The van der Waals surface area contributed by atoms with Gasteiger partial charge in [0, 0.05) is 10.8 Å². The molecule has 0 aliphatic heterocycles. The molecule has 2 rings (SSSR count). The van der Waals surface area contributed by atoms with Gasteiger partial charge in [-0.05, 0) is 48.8 Å². The van der Waals surface area contributed by atoms with Crippen molar-refractivity contribution in [2.45, 2.75) is 47.6 Å². The molecule has 136 valence electrons. The molecule has 5 nitrogen and oxygen atoms in total. The van der Waals surface area contributed by atoms with Crippen LogP contribution in [-0.4, -0.2) is 24.5 Å². The molecular formula is C19H23BrO5. The summed E-state index contributed by atoms with van der Waals surface area (Å²) in [4.78, 5) is 24.4. The Morgan fingerprint density at radius 2 is 1.88 bits per heavy atom. The number of rotatable bonds is 5. The average molecular weight is 411 g/mol. The average Bonchev–Trinajstić information content (AvgIpc) is 2.77. The van der Waals surface area contributed by atoms with Crippen LogP contribution >= 0.6 is 15.9 Å². The number of carbonyl (C=O) groups is 2. The van der Waals surface area contributed by atoms with Crippen LogP contribution in [0.15, 0.2) is 21.0 Å². The summed E-state index contributed by atoms with van der Waals surface area (Å²) in [5.74, 6) is 0.507. The van der Waals surface area contributed by atoms with E-state index in [0.29, 0.717) is 32.5 Å². The van der Waals surface area contributed by atoms with Gasteiger partial charge in [0.1, 0.15) is 29.3 Å². The first-order chi connectivity index (χ1) is 11.5. The standard InChI is InChI=1S/C19H23BrO5/c1-10(2)24-18(22)17-11(3)25-14-8-13(20)15(7-12(14)17)23-9-16(21)19(4,5)6/h7-8,10H,9H2,1-6H3. The smallest absolute Gasteiger partial charge is 0.342 e. The van der Waals surface area contributed by atoms with Gasteiger partial charge < -0.3 is 13.9 Å². The van der Waals surface area contributed by atoms with Crippen LogP contribution in [0.2, 0.25) is 0 Å². The second kappa shape index (κ2) is 7.20. The van der Waals surface area contributed by atoms with Crippen molar-refractivity contribution in [1.29, 1.82) is 0 Å². The molecule has 0 aliphatic carbocycles. The summed E-state index contributed by atoms with van der Waals surface area (Å²) in [6, 6.07) is 3.42. The van der Waals surface area contributed by atoms with Crippen LogP contribution in [0, 0.1) is 12.3 Å². The van der Waals surface area contributed by atoms with Crippen LogP contribution in [-0.2, 0) is 9.53 Å². The summed E-state index contributed by atoms with van der Waals surface area (Å²) in [7, 11) is 0. The zero-order chi connectivity index (χ0) is 18.9. The minimum absolute atomic E-state index is 0.0117. The molecule has 1 aromatic carbocycles. The number of ether oxygens (including phenoxy) is 2. The van der Waals surface area contributed by atoms with Crippen molar-refractivity contribution >= 4 is 38.7 Å². The number of aryl methyl sites for hydroxylation is 1. The van der Waals surface area contributed by atoms with Crippen LogP contribution in [0.1, 0.15) is 50.7 Å². The fraction of sp³-hybridized carbons (Fsp3) is 0.474. The number of Topliss-reactive ketones (excluding diaryl/α,β-unsaturated/α-hetero) is 1. The molecule has 0 bridgehead atoms. The number of benzene rings is 1. The molecule has 0 radical (unpaired) electrons. The summed E-state index contributed by atoms with van der Waals surface area (Å²) in [5, 5.41) is 0.601. The van der Waals surface area contributed by atoms with Gasteiger partial charge in [0.15, 0.2) is 5.78 Å². The van der Waals surface area contributed by atoms with Gasteiger partial charge in [-0.25, -0.2) is 4.79 Å². The minimum Gasteiger partial charge on any atom is -0.485 e. The van der Waals surface area contributed by atoms with Gasteiger partial charge in [-0.15, -0.1) is 0 Å². The molecule has 1 aromatic heterocycles. The Morgan fingerprint density at radius 3 is 2.44 bits per heavy atom. The molecular weight excluding hydrogens is 388 g/mol. The van der Waals surface area contributed by atoms with E-state index in [1.54, 1.807) is 32.9 Å². The first kappa shape index (κ1) is 19.5. The lowest BCUT2D eigenvalue weighted by atomic mass is 9.91. The zero-order valence-electron chi connectivity index (χ0n) is 15.4. The second-order valence-corrected chi connectivity index (χ2v) is 8.08. The Bertz CT molecular complexity index is 811. The topological polar surface area (TPSA) is 65.7 Å². The number of carbonyl (C=O) groups excluding carboxylic acids is 2. The molecule has 0 atom stereocenters. The number of esters is 1. The Kier molecular flexibility index (Phi) is 5.62.